The van der Waals surface area contributed by atoms with Crippen LogP contribution in [0.4, 0.5) is 0 Å². The molecule has 1 fully saturated rings. The van der Waals surface area contributed by atoms with Crippen molar-refractivity contribution in [1.29, 1.82) is 10.5 Å². The molecule has 558 valence electrons. The minimum atomic E-state index is -3.61. The zero-order valence-electron chi connectivity index (χ0n) is 63.8. The van der Waals surface area contributed by atoms with Crippen molar-refractivity contribution in [2.75, 3.05) is 0 Å². The third-order valence-corrected chi connectivity index (χ3v) is 26.9. The lowest BCUT2D eigenvalue weighted by atomic mass is 9.72. The Labute approximate surface area is 672 Å². The molecule has 12 nitrogen and oxygen atoms in total. The molecule has 1 saturated heterocycles. The summed E-state index contributed by atoms with van der Waals surface area (Å²) in [6, 6.07) is 106. The van der Waals surface area contributed by atoms with E-state index in [0.29, 0.717) is 20.9 Å². The molecule has 16 heteroatoms. The Morgan fingerprint density at radius 2 is 0.623 bits per heavy atom. The molecule has 0 spiro atoms. The molecule has 0 bridgehead atoms. The molecule has 0 radical (unpaired) electrons. The van der Waals surface area contributed by atoms with Crippen LogP contribution in [0.3, 0.4) is 0 Å². The highest BCUT2D eigenvalue weighted by atomic mass is 79.9. The van der Waals surface area contributed by atoms with Gasteiger partial charge in [0.15, 0.2) is 0 Å². The third kappa shape index (κ3) is 13.2. The summed E-state index contributed by atoms with van der Waals surface area (Å²) in [5.74, 6) is 3.25. The Bertz CT molecular complexity index is 6840. The number of fused-ring (bicyclic) bond motifs is 10. The largest absolute Gasteiger partial charge is 0.494 e. The molecule has 14 aromatic carbocycles. The van der Waals surface area contributed by atoms with Crippen molar-refractivity contribution < 1.29 is 35.6 Å². The van der Waals surface area contributed by atoms with Gasteiger partial charge in [0.05, 0.1) is 76.1 Å². The number of sulfone groups is 2. The van der Waals surface area contributed by atoms with Gasteiger partial charge in [-0.05, 0) is 236 Å². The first-order valence-electron chi connectivity index (χ1n) is 37.6. The maximum absolute atomic E-state index is 13.2. The first-order chi connectivity index (χ1) is 54.8. The summed E-state index contributed by atoms with van der Waals surface area (Å²) in [5.41, 5.74) is 17.8. The van der Waals surface area contributed by atoms with Crippen LogP contribution in [0.15, 0.2) is 340 Å². The molecule has 3 aliphatic heterocycles. The number of para-hydroxylation sites is 2. The monoisotopic (exact) mass is 1590 g/mol. The van der Waals surface area contributed by atoms with Crippen LogP contribution in [-0.2, 0) is 39.8 Å². The predicted octanol–water partition coefficient (Wildman–Crippen LogP) is 23.6. The molecule has 0 unspecified atom stereocenters. The van der Waals surface area contributed by atoms with Crippen LogP contribution in [-0.4, -0.2) is 44.3 Å². The van der Waals surface area contributed by atoms with E-state index >= 15 is 0 Å². The predicted molar refractivity (Wildman–Crippen MR) is 458 cm³/mol. The zero-order chi connectivity index (χ0) is 79.2. The number of rotatable bonds is 10. The van der Waals surface area contributed by atoms with E-state index < -0.39 is 38.0 Å². The summed E-state index contributed by atoms with van der Waals surface area (Å²) in [6.07, 6.45) is 0. The topological polar surface area (TPSA) is 163 Å². The van der Waals surface area contributed by atoms with Gasteiger partial charge in [-0.2, -0.15) is 10.5 Å². The highest BCUT2D eigenvalue weighted by molar-refractivity contribution is 9.10. The molecule has 19 rings (SSSR count). The van der Waals surface area contributed by atoms with Crippen LogP contribution < -0.4 is 14.9 Å². The van der Waals surface area contributed by atoms with Gasteiger partial charge in [0.1, 0.15) is 23.0 Å². The maximum Gasteiger partial charge on any atom is 0.494 e. The number of benzene rings is 14. The van der Waals surface area contributed by atoms with Crippen molar-refractivity contribution in [3.05, 3.63) is 353 Å². The highest BCUT2D eigenvalue weighted by Gasteiger charge is 2.52. The zero-order valence-corrected chi connectivity index (χ0v) is 67.1. The van der Waals surface area contributed by atoms with Gasteiger partial charge < -0.3 is 27.9 Å². The maximum atomic E-state index is 13.2. The molecule has 0 amide bonds. The molecule has 0 N–H and O–H groups in total. The Morgan fingerprint density at radius 1 is 0.325 bits per heavy atom. The molecule has 16 aromatic rings. The Morgan fingerprint density at radius 3 is 1.01 bits per heavy atom. The van der Waals surface area contributed by atoms with Gasteiger partial charge in [0.2, 0.25) is 19.7 Å². The van der Waals surface area contributed by atoms with E-state index in [-0.39, 0.29) is 20.6 Å². The van der Waals surface area contributed by atoms with Gasteiger partial charge in [-0.25, -0.2) is 16.8 Å². The van der Waals surface area contributed by atoms with Gasteiger partial charge in [0.25, 0.3) is 0 Å². The van der Waals surface area contributed by atoms with E-state index in [2.05, 4.69) is 232 Å². The van der Waals surface area contributed by atoms with E-state index in [9.17, 15) is 27.4 Å². The minimum Gasteiger partial charge on any atom is -0.457 e. The summed E-state index contributed by atoms with van der Waals surface area (Å²) in [4.78, 5) is 1.16. The van der Waals surface area contributed by atoms with Crippen LogP contribution >= 0.6 is 15.9 Å². The second-order valence-electron chi connectivity index (χ2n) is 31.0. The summed E-state index contributed by atoms with van der Waals surface area (Å²) in [7, 11) is -7.44. The number of ether oxygens (including phenoxy) is 2. The fraction of sp³-hybridized carbons (Fsp3) is 0.122. The van der Waals surface area contributed by atoms with E-state index in [1.54, 1.807) is 97.1 Å². The molecular formula is C98H76BBrN4O8S2. The van der Waals surface area contributed by atoms with Gasteiger partial charge >= 0.3 is 7.12 Å². The van der Waals surface area contributed by atoms with Gasteiger partial charge in [-0.15, -0.1) is 0 Å². The summed E-state index contributed by atoms with van der Waals surface area (Å²) in [5, 5.41) is 23.7. The number of halogens is 1. The molecule has 0 aliphatic carbocycles. The van der Waals surface area contributed by atoms with Crippen LogP contribution in [0.1, 0.15) is 88.8 Å². The molecular weight excluding hydrogens is 1520 g/mol. The molecule has 114 heavy (non-hydrogen) atoms. The fourth-order valence-corrected chi connectivity index (χ4v) is 18.7. The van der Waals surface area contributed by atoms with Crippen LogP contribution in [0, 0.1) is 22.7 Å². The average molecular weight is 1590 g/mol. The molecule has 2 aromatic heterocycles. The first-order valence-corrected chi connectivity index (χ1v) is 41.4. The van der Waals surface area contributed by atoms with Crippen molar-refractivity contribution in [2.45, 2.75) is 97.0 Å². The van der Waals surface area contributed by atoms with Crippen LogP contribution in [0.2, 0.25) is 0 Å². The fourth-order valence-electron chi connectivity index (χ4n) is 15.9. The second kappa shape index (κ2) is 28.7. The SMILES string of the molecule is CC1(C)c2ccc(-c3ccc(S(=O)(=O)c4ccccc4)cc3)cc2Oc2cc(-c3ccc4c(c3)c3cc(C#N)ccc3n4-c3ccccc3)ccc21.CC1(C)c2ccc(B3OC(C)(C)C(C)(C)O3)cc2Oc2cc(-c3ccc4c(c3)c3cc(C#N)ccc3n4-c3ccccc3)ccc21.O=S(=O)(c1ccccc1)c1ccc(Br)cc1. The molecule has 5 heterocycles. The molecule has 0 atom stereocenters. The Kier molecular flexibility index (Phi) is 18.7. The quantitative estimate of drug-likeness (QED) is 0.120. The lowest BCUT2D eigenvalue weighted by Gasteiger charge is -2.35. The minimum absolute atomic E-state index is 0.253. The number of hydrogen-bond acceptors (Lipinski definition) is 10. The first kappa shape index (κ1) is 74.4. The smallest absolute Gasteiger partial charge is 0.457 e. The van der Waals surface area contributed by atoms with Crippen molar-refractivity contribution >= 4 is 91.8 Å². The number of hydrogen-bond donors (Lipinski definition) is 0. The van der Waals surface area contributed by atoms with Crippen molar-refractivity contribution in [1.82, 2.24) is 9.13 Å². The van der Waals surface area contributed by atoms with Crippen LogP contribution in [0.5, 0.6) is 23.0 Å². The van der Waals surface area contributed by atoms with E-state index in [0.717, 1.165) is 144 Å². The average Bonchev–Trinajstić information content (AvgIpc) is 1.51. The number of nitriles is 2. The van der Waals surface area contributed by atoms with Gasteiger partial charge in [-0.3, -0.25) is 0 Å². The third-order valence-electron chi connectivity index (χ3n) is 22.8. The Hall–Kier alpha value is -12.4. The number of aromatic nitrogens is 2. The normalized spacial score (nSPS) is 14.6. The van der Waals surface area contributed by atoms with Crippen LogP contribution in [0.25, 0.3) is 88.4 Å². The second-order valence-corrected chi connectivity index (χ2v) is 35.9. The molecule has 3 aliphatic rings. The lowest BCUT2D eigenvalue weighted by molar-refractivity contribution is 0.00578. The summed E-state index contributed by atoms with van der Waals surface area (Å²) in [6.45, 7) is 17.2. The van der Waals surface area contributed by atoms with E-state index in [1.807, 2.05) is 78.9 Å². The summed E-state index contributed by atoms with van der Waals surface area (Å²) >= 11 is 3.27. The van der Waals surface area contributed by atoms with E-state index in [1.165, 1.54) is 0 Å². The van der Waals surface area contributed by atoms with Gasteiger partial charge in [0, 0.05) is 70.5 Å². The molecule has 0 saturated carbocycles. The summed E-state index contributed by atoms with van der Waals surface area (Å²) < 4.78 is 82.0. The van der Waals surface area contributed by atoms with Crippen molar-refractivity contribution in [3.63, 3.8) is 0 Å². The number of nitrogens with zero attached hydrogens (tertiary/aromatic N) is 4. The van der Waals surface area contributed by atoms with Crippen molar-refractivity contribution in [3.8, 4) is 79.9 Å². The van der Waals surface area contributed by atoms with Crippen molar-refractivity contribution in [2.24, 2.45) is 0 Å². The lowest BCUT2D eigenvalue weighted by Crippen LogP contribution is -2.41. The highest BCUT2D eigenvalue weighted by Crippen LogP contribution is 2.52. The Balaban J connectivity index is 0.000000139. The van der Waals surface area contributed by atoms with E-state index in [4.69, 9.17) is 18.8 Å². The van der Waals surface area contributed by atoms with Gasteiger partial charge in [-0.1, -0.05) is 189 Å². The standard InChI is InChI=1S/C46H32N2O3S.C40H35BN2O3.C12H9BrO2S/c1-46(2)40-21-16-33(31-14-19-37(20-15-31)52(49,50)36-11-7-4-8-12-36)27-44(40)51-45-28-34(17-22-41(45)46)32-18-24-43-39(26-32)38-25-30(29-47)13-23-42(38)48(43)35-9-5-3-6-10-35;1-38(2)32-16-13-27(22-36(32)44-37-23-28(15-17-33(37)38)41-45-39(3,4)40(5,6)46-41)26-14-19-35-31(21-26)30-20-25(24-42)12-18-34(30)43(35)29-10-8-7-9-11-29;13-10-6-8-12(9-7-10)16(14,15)11-4-2-1-3-5-11/h3-28H,1-2H3;7-23H,1-6H3;1-9H.